The van der Waals surface area contributed by atoms with Crippen LogP contribution in [0.1, 0.15) is 0 Å². The van der Waals surface area contributed by atoms with Crippen LogP contribution in [0.4, 0.5) is 0 Å². The summed E-state index contributed by atoms with van der Waals surface area (Å²) in [6, 6.07) is 0. The van der Waals surface area contributed by atoms with E-state index in [1.165, 1.54) is 0 Å². The maximum absolute atomic E-state index is 4.42. The molecule has 0 N–H and O–H groups in total. The van der Waals surface area contributed by atoms with E-state index in [1.54, 1.807) is 0 Å². The predicted molar refractivity (Wildman–Crippen MR) is 39.4 cm³/mol. The van der Waals surface area contributed by atoms with E-state index < -0.39 is 15.4 Å². The van der Waals surface area contributed by atoms with E-state index in [0.717, 1.165) is 0 Å². The van der Waals surface area contributed by atoms with Gasteiger partial charge < -0.3 is 0 Å². The van der Waals surface area contributed by atoms with Crippen LogP contribution in [-0.4, -0.2) is 70.0 Å². The Morgan fingerprint density at radius 3 is 0.833 bits per heavy atom. The van der Waals surface area contributed by atoms with Gasteiger partial charge in [-0.2, -0.15) is 0 Å². The Labute approximate surface area is 97.2 Å². The Morgan fingerprint density at radius 1 is 0.833 bits per heavy atom. The zero-order chi connectivity index (χ0) is 3.58. The smallest absolute Gasteiger partial charge is 1.00 e. The van der Waals surface area contributed by atoms with Gasteiger partial charge in [0.25, 0.3) is 0 Å². The average molecular weight is 633 g/mol. The monoisotopic (exact) mass is 636 g/mol. The van der Waals surface area contributed by atoms with Gasteiger partial charge >= 0.3 is 99.6 Å². The molecule has 0 aliphatic carbocycles. The largest absolute Gasteiger partial charge is 1.00 e. The molecule has 6 heavy (non-hydrogen) atoms. The molecule has 0 amide bonds. The fraction of sp³-hybridized carbons (Fsp3) is 0. The van der Waals surface area contributed by atoms with Crippen molar-refractivity contribution >= 4 is 99.6 Å². The molecule has 0 aliphatic rings. The number of hydrogen-bond donors (Lipinski definition) is 0. The van der Waals surface area contributed by atoms with Crippen LogP contribution in [0, 0.1) is 0 Å². The minimum absolute atomic E-state index is 0. The van der Waals surface area contributed by atoms with Crippen LogP contribution in [-0.2, 0) is 29.6 Å². The third-order valence-corrected chi connectivity index (χ3v) is 0. The first kappa shape index (κ1) is 16.3. The summed E-state index contributed by atoms with van der Waals surface area (Å²) in [5.74, 6) is 0. The standard InChI is InChI=1S/H2S3Te.2Tl/c1-4(2)3;;/h(H2,1,2,3);;/q;2*+1/p-2. The number of hydrogen-bond acceptors (Lipinski definition) is 3. The second-order valence-corrected chi connectivity index (χ2v) is 12.3. The molecule has 0 radical (unpaired) electrons. The third kappa shape index (κ3) is 25.3. The third-order valence-electron chi connectivity index (χ3n) is 0. The van der Waals surface area contributed by atoms with Crippen molar-refractivity contribution in [3.05, 3.63) is 0 Å². The van der Waals surface area contributed by atoms with Gasteiger partial charge in [0, 0.05) is 0 Å². The van der Waals surface area contributed by atoms with Gasteiger partial charge in [-0.15, -0.1) is 0 Å². The van der Waals surface area contributed by atoms with E-state index in [9.17, 15) is 0 Å². The molecular formula is S3TeTl2. The Bertz CT molecular complexity index is 13.5. The molecule has 0 rings (SSSR count). The van der Waals surface area contributed by atoms with Gasteiger partial charge in [-0.25, -0.2) is 0 Å². The second-order valence-electron chi connectivity index (χ2n) is 0.204. The molecule has 30 valence electrons. The van der Waals surface area contributed by atoms with Gasteiger partial charge in [0.05, 0.1) is 0 Å². The normalized spacial score (nSPS) is 6.00. The first-order valence-corrected chi connectivity index (χ1v) is 10.1. The molecule has 0 aromatic heterocycles. The molecule has 0 heterocycles. The van der Waals surface area contributed by atoms with Crippen LogP contribution in [0.2, 0.25) is 0 Å². The molecule has 0 atom stereocenters. The summed E-state index contributed by atoms with van der Waals surface area (Å²) < 4.78 is 0. The van der Waals surface area contributed by atoms with E-state index in [0.29, 0.717) is 0 Å². The molecule has 0 aromatic carbocycles. The van der Waals surface area contributed by atoms with Crippen LogP contribution >= 0.6 is 0 Å². The molecule has 0 fully saturated rings. The topological polar surface area (TPSA) is 0 Å². The summed E-state index contributed by atoms with van der Waals surface area (Å²) >= 11 is -1.61. The first-order valence-electron chi connectivity index (χ1n) is 0.500. The molecular weight excluding hydrogens is 633 g/mol. The molecule has 6 heteroatoms. The molecule has 0 saturated carbocycles. The summed E-state index contributed by atoms with van der Waals surface area (Å²) in [5.41, 5.74) is 0. The van der Waals surface area contributed by atoms with Crippen molar-refractivity contribution in [1.82, 2.24) is 0 Å². The minimum Gasteiger partial charge on any atom is 1.00 e. The van der Waals surface area contributed by atoms with Crippen LogP contribution in [0.5, 0.6) is 0 Å². The molecule has 0 aromatic rings. The van der Waals surface area contributed by atoms with Gasteiger partial charge in [0.15, 0.2) is 0 Å². The van der Waals surface area contributed by atoms with Crippen molar-refractivity contribution in [2.45, 2.75) is 0 Å². The molecule has 0 nitrogen and oxygen atoms in total. The Kier molecular flexibility index (Phi) is 31.3. The van der Waals surface area contributed by atoms with Gasteiger partial charge in [0.1, 0.15) is 0 Å². The zero-order valence-electron chi connectivity index (χ0n) is 2.79. The maximum atomic E-state index is 4.42. The maximum Gasteiger partial charge on any atom is 1.00 e. The van der Waals surface area contributed by atoms with Gasteiger partial charge in [-0.3, -0.25) is 0 Å². The number of rotatable bonds is 0. The minimum atomic E-state index is -1.61. The van der Waals surface area contributed by atoms with E-state index >= 15 is 0 Å². The van der Waals surface area contributed by atoms with Crippen LogP contribution in [0.3, 0.4) is 0 Å². The van der Waals surface area contributed by atoms with Crippen molar-refractivity contribution < 1.29 is 0 Å². The van der Waals surface area contributed by atoms with Gasteiger partial charge in [-0.05, 0) is 0 Å². The summed E-state index contributed by atoms with van der Waals surface area (Å²) in [6.07, 6.45) is 0. The molecule has 0 bridgehead atoms. The fourth-order valence-corrected chi connectivity index (χ4v) is 0. The average Bonchev–Trinajstić information content (AvgIpc) is 0.811. The quantitative estimate of drug-likeness (QED) is 0.245. The summed E-state index contributed by atoms with van der Waals surface area (Å²) in [7, 11) is 13.3. The summed E-state index contributed by atoms with van der Waals surface area (Å²) in [6.45, 7) is 0. The van der Waals surface area contributed by atoms with E-state index in [2.05, 4.69) is 29.6 Å². The summed E-state index contributed by atoms with van der Waals surface area (Å²) in [4.78, 5) is 0. The van der Waals surface area contributed by atoms with Crippen LogP contribution < -0.4 is 0 Å². The second kappa shape index (κ2) is 11.5. The SMILES string of the molecule is [S-][Te+]([S-])[S-].[Tl+].[Tl+]. The van der Waals surface area contributed by atoms with Gasteiger partial charge in [-0.1, -0.05) is 0 Å². The Hall–Kier alpha value is 3.68. The van der Waals surface area contributed by atoms with Crippen LogP contribution in [0.25, 0.3) is 0 Å². The molecule has 0 aliphatic heterocycles. The molecule has 0 spiro atoms. The zero-order valence-corrected chi connectivity index (χ0v) is 16.5. The van der Waals surface area contributed by atoms with E-state index in [4.69, 9.17) is 0 Å². The summed E-state index contributed by atoms with van der Waals surface area (Å²) in [5, 5.41) is 0. The fourth-order valence-electron chi connectivity index (χ4n) is 0. The Balaban J connectivity index is -0.0000000450. The van der Waals surface area contributed by atoms with E-state index in [1.807, 2.05) is 0 Å². The molecule has 0 saturated heterocycles. The van der Waals surface area contributed by atoms with Gasteiger partial charge in [0.2, 0.25) is 0 Å². The van der Waals surface area contributed by atoms with Crippen molar-refractivity contribution in [2.24, 2.45) is 0 Å². The Morgan fingerprint density at radius 2 is 0.833 bits per heavy atom. The predicted octanol–water partition coefficient (Wildman–Crippen LogP) is -1.15. The molecule has 0 unspecified atom stereocenters. The van der Waals surface area contributed by atoms with Crippen molar-refractivity contribution in [1.29, 1.82) is 0 Å². The van der Waals surface area contributed by atoms with E-state index in [-0.39, 0.29) is 54.6 Å². The van der Waals surface area contributed by atoms with Crippen molar-refractivity contribution in [3.8, 4) is 0 Å². The van der Waals surface area contributed by atoms with Crippen molar-refractivity contribution in [3.63, 3.8) is 0 Å². The first-order chi connectivity index (χ1) is 1.73. The van der Waals surface area contributed by atoms with Crippen molar-refractivity contribution in [2.75, 3.05) is 0 Å². The van der Waals surface area contributed by atoms with Crippen LogP contribution in [0.15, 0.2) is 0 Å².